The lowest BCUT2D eigenvalue weighted by Gasteiger charge is -2.16. The van der Waals surface area contributed by atoms with Crippen LogP contribution in [0.25, 0.3) is 0 Å². The van der Waals surface area contributed by atoms with E-state index in [0.29, 0.717) is 19.3 Å². The molecule has 0 heterocycles. The summed E-state index contributed by atoms with van der Waals surface area (Å²) in [5.74, 6) is -2.38. The van der Waals surface area contributed by atoms with Gasteiger partial charge in [0.25, 0.3) is 0 Å². The van der Waals surface area contributed by atoms with Crippen LogP contribution in [-0.4, -0.2) is 17.9 Å². The van der Waals surface area contributed by atoms with Gasteiger partial charge in [-0.05, 0) is 116 Å². The summed E-state index contributed by atoms with van der Waals surface area (Å²) in [6, 6.07) is 0. The predicted octanol–water partition coefficient (Wildman–Crippen LogP) is 17.5. The first kappa shape index (κ1) is 58.3. The van der Waals surface area contributed by atoms with Crippen LogP contribution in [0.3, 0.4) is 0 Å². The highest BCUT2D eigenvalue weighted by molar-refractivity contribution is 7.50. The second-order valence-electron chi connectivity index (χ2n) is 15.6. The minimum Gasteiger partial charge on any atom is -0.352 e. The third-order valence-corrected chi connectivity index (χ3v) is 11.0. The van der Waals surface area contributed by atoms with Crippen molar-refractivity contribution in [1.82, 2.24) is 0 Å². The Hall–Kier alpha value is -3.70. The lowest BCUT2D eigenvalue weighted by atomic mass is 10.1. The van der Waals surface area contributed by atoms with Crippen LogP contribution < -0.4 is 0 Å². The van der Waals surface area contributed by atoms with Gasteiger partial charge in [0.2, 0.25) is 0 Å². The van der Waals surface area contributed by atoms with E-state index < -0.39 is 25.7 Å². The van der Waals surface area contributed by atoms with Crippen molar-refractivity contribution in [2.45, 2.75) is 213 Å². The van der Waals surface area contributed by atoms with E-state index >= 15 is 0 Å². The van der Waals surface area contributed by atoms with Crippen molar-refractivity contribution in [2.24, 2.45) is 0 Å². The molecule has 0 bridgehead atoms. The molecule has 0 fully saturated rings. The van der Waals surface area contributed by atoms with Crippen LogP contribution in [0.5, 0.6) is 0 Å². The van der Waals surface area contributed by atoms with Gasteiger partial charge < -0.3 is 13.6 Å². The molecule has 0 radical (unpaired) electrons. The number of phosphoric acid groups is 1. The summed E-state index contributed by atoms with van der Waals surface area (Å²) in [7, 11) is -4.75. The highest BCUT2D eigenvalue weighted by atomic mass is 31.2. The average Bonchev–Trinajstić information content (AvgIpc) is 3.24. The molecule has 0 amide bonds. The van der Waals surface area contributed by atoms with Crippen molar-refractivity contribution in [3.63, 3.8) is 0 Å². The second kappa shape index (κ2) is 46.8. The summed E-state index contributed by atoms with van der Waals surface area (Å²) in [6.45, 7) is 6.41. The van der Waals surface area contributed by atoms with E-state index in [1.165, 1.54) is 0 Å². The van der Waals surface area contributed by atoms with Crippen molar-refractivity contribution >= 4 is 25.7 Å². The first-order valence-corrected chi connectivity index (χ1v) is 25.9. The van der Waals surface area contributed by atoms with Crippen molar-refractivity contribution in [3.8, 4) is 0 Å². The van der Waals surface area contributed by atoms with E-state index in [2.05, 4.69) is 130 Å². The summed E-state index contributed by atoms with van der Waals surface area (Å²) in [5.41, 5.74) is 0. The molecule has 0 unspecified atom stereocenters. The zero-order valence-electron chi connectivity index (χ0n) is 39.4. The first-order valence-electron chi connectivity index (χ1n) is 24.5. The maximum atomic E-state index is 13.6. The Labute approximate surface area is 379 Å². The number of hydrogen-bond donors (Lipinski definition) is 0. The molecular formula is C54H87O7P. The molecule has 0 spiro atoms. The molecule has 0 aliphatic heterocycles. The highest BCUT2D eigenvalue weighted by Crippen LogP contribution is 2.51. The standard InChI is InChI=1S/C54H87O7P/c1-4-7-10-13-16-19-22-25-28-31-34-37-40-43-46-49-52(55)59-62(58,60-53(56)50-47-44-41-38-35-32-29-26-23-20-17-14-11-8-5-2)61-54(57)51-48-45-42-39-36-33-30-27-24-21-18-15-12-9-6-3/h7-12,16-21,25-30H,4-6,13-15,22-24,31-51H2,1-3H3/b10-7-,11-8-,12-9-,19-16-,20-17-,21-18-,28-25-,29-26-,30-27-. The van der Waals surface area contributed by atoms with E-state index in [1.807, 2.05) is 0 Å². The van der Waals surface area contributed by atoms with E-state index in [4.69, 9.17) is 13.6 Å². The van der Waals surface area contributed by atoms with Crippen LogP contribution in [0.2, 0.25) is 0 Å². The number of carbonyl (C=O) groups excluding carboxylic acids is 3. The molecule has 0 atom stereocenters. The minimum atomic E-state index is -4.75. The number of unbranched alkanes of at least 4 members (excludes halogenated alkanes) is 15. The molecule has 0 rings (SSSR count). The number of phosphoric ester groups is 1. The Kier molecular flexibility index (Phi) is 44.0. The van der Waals surface area contributed by atoms with E-state index in [-0.39, 0.29) is 19.3 Å². The Morgan fingerprint density at radius 3 is 0.774 bits per heavy atom. The molecule has 0 aliphatic rings. The lowest BCUT2D eigenvalue weighted by Crippen LogP contribution is -2.14. The molecule has 0 aromatic rings. The van der Waals surface area contributed by atoms with Gasteiger partial charge in [0.15, 0.2) is 0 Å². The molecule has 350 valence electrons. The zero-order chi connectivity index (χ0) is 45.3. The Morgan fingerprint density at radius 2 is 0.516 bits per heavy atom. The van der Waals surface area contributed by atoms with Crippen LogP contribution in [0.4, 0.5) is 0 Å². The smallest absolute Gasteiger partial charge is 0.352 e. The molecule has 0 N–H and O–H groups in total. The van der Waals surface area contributed by atoms with Gasteiger partial charge in [-0.1, -0.05) is 188 Å². The number of hydrogen-bond acceptors (Lipinski definition) is 7. The molecule has 0 aliphatic carbocycles. The Balaban J connectivity index is 4.67. The van der Waals surface area contributed by atoms with Crippen molar-refractivity contribution < 1.29 is 32.5 Å². The molecule has 0 aromatic heterocycles. The van der Waals surface area contributed by atoms with Gasteiger partial charge in [-0.3, -0.25) is 14.4 Å². The maximum absolute atomic E-state index is 13.6. The van der Waals surface area contributed by atoms with Crippen LogP contribution in [0, 0.1) is 0 Å². The quantitative estimate of drug-likeness (QED) is 0.0342. The van der Waals surface area contributed by atoms with Crippen LogP contribution >= 0.6 is 7.82 Å². The van der Waals surface area contributed by atoms with Crippen LogP contribution in [0.15, 0.2) is 109 Å². The minimum absolute atomic E-state index is 0.00381. The fourth-order valence-electron chi connectivity index (χ4n) is 6.23. The van der Waals surface area contributed by atoms with Gasteiger partial charge in [-0.2, -0.15) is 4.57 Å². The second-order valence-corrected chi connectivity index (χ2v) is 17.1. The molecule has 7 nitrogen and oxygen atoms in total. The molecule has 0 saturated heterocycles. The summed E-state index contributed by atoms with van der Waals surface area (Å²) in [6.07, 6.45) is 64.8. The highest BCUT2D eigenvalue weighted by Gasteiger charge is 2.38. The Bertz CT molecular complexity index is 1240. The summed E-state index contributed by atoms with van der Waals surface area (Å²) < 4.78 is 29.0. The zero-order valence-corrected chi connectivity index (χ0v) is 40.3. The molecule has 0 saturated carbocycles. The third-order valence-electron chi connectivity index (χ3n) is 9.74. The fourth-order valence-corrected chi connectivity index (χ4v) is 7.37. The average molecular weight is 879 g/mol. The normalized spacial score (nSPS) is 12.8. The van der Waals surface area contributed by atoms with Crippen LogP contribution in [-0.2, 0) is 32.5 Å². The van der Waals surface area contributed by atoms with Gasteiger partial charge in [0.05, 0.1) is 0 Å². The van der Waals surface area contributed by atoms with Gasteiger partial charge >= 0.3 is 25.7 Å². The summed E-state index contributed by atoms with van der Waals surface area (Å²) in [5, 5.41) is 0. The Morgan fingerprint density at radius 1 is 0.306 bits per heavy atom. The van der Waals surface area contributed by atoms with E-state index in [1.54, 1.807) is 0 Å². The van der Waals surface area contributed by atoms with Gasteiger partial charge in [-0.25, -0.2) is 0 Å². The summed E-state index contributed by atoms with van der Waals surface area (Å²) >= 11 is 0. The topological polar surface area (TPSA) is 96.0 Å². The van der Waals surface area contributed by atoms with Gasteiger partial charge in [0, 0.05) is 19.3 Å². The molecular weight excluding hydrogens is 792 g/mol. The van der Waals surface area contributed by atoms with Crippen LogP contribution in [0.1, 0.15) is 213 Å². The van der Waals surface area contributed by atoms with Gasteiger partial charge in [-0.15, -0.1) is 0 Å². The molecule has 62 heavy (non-hydrogen) atoms. The monoisotopic (exact) mass is 879 g/mol. The maximum Gasteiger partial charge on any atom is 0.653 e. The van der Waals surface area contributed by atoms with Crippen molar-refractivity contribution in [3.05, 3.63) is 109 Å². The molecule has 0 aromatic carbocycles. The van der Waals surface area contributed by atoms with E-state index in [0.717, 1.165) is 154 Å². The molecule has 8 heteroatoms. The van der Waals surface area contributed by atoms with Gasteiger partial charge in [0.1, 0.15) is 0 Å². The predicted molar refractivity (Wildman–Crippen MR) is 264 cm³/mol. The number of carbonyl (C=O) groups is 3. The van der Waals surface area contributed by atoms with E-state index in [9.17, 15) is 18.9 Å². The first-order chi connectivity index (χ1) is 30.4. The summed E-state index contributed by atoms with van der Waals surface area (Å²) in [4.78, 5) is 38.3. The fraction of sp³-hybridized carbons (Fsp3) is 0.611. The lowest BCUT2D eigenvalue weighted by molar-refractivity contribution is -0.144. The largest absolute Gasteiger partial charge is 0.653 e. The SMILES string of the molecule is CC/C=C\C/C=C\C/C=C\CCCCCCCC(=O)OP(=O)(OC(=O)CCCCCCC/C=C\C/C=C\C/C=C\CC)OC(=O)CCCCCCC/C=C\C/C=C\C/C=C\CC. The van der Waals surface area contributed by atoms with Crippen molar-refractivity contribution in [1.29, 1.82) is 0 Å². The van der Waals surface area contributed by atoms with Crippen molar-refractivity contribution in [2.75, 3.05) is 0 Å². The third kappa shape index (κ3) is 44.4. The number of allylic oxidation sites excluding steroid dienone is 18. The number of rotatable bonds is 42.